The summed E-state index contributed by atoms with van der Waals surface area (Å²) in [6.07, 6.45) is 5.93. The fraction of sp³-hybridized carbons (Fsp3) is 0.917. The normalized spacial score (nSPS) is 27.0. The summed E-state index contributed by atoms with van der Waals surface area (Å²) in [5.41, 5.74) is 5.77. The van der Waals surface area contributed by atoms with Gasteiger partial charge in [-0.1, -0.05) is 6.42 Å². The molecule has 0 bridgehead atoms. The van der Waals surface area contributed by atoms with Crippen molar-refractivity contribution < 1.29 is 13.2 Å². The second-order valence-corrected chi connectivity index (χ2v) is 7.94. The molecule has 1 aliphatic heterocycles. The van der Waals surface area contributed by atoms with Gasteiger partial charge in [-0.25, -0.2) is 8.42 Å². The van der Waals surface area contributed by atoms with Gasteiger partial charge in [-0.3, -0.25) is 4.99 Å². The first-order chi connectivity index (χ1) is 8.93. The molecule has 2 rings (SSSR count). The third-order valence-corrected chi connectivity index (χ3v) is 6.23. The summed E-state index contributed by atoms with van der Waals surface area (Å²) in [5, 5.41) is 3.00. The fourth-order valence-corrected chi connectivity index (χ4v) is 3.86. The van der Waals surface area contributed by atoms with Crippen LogP contribution in [0.5, 0.6) is 0 Å². The lowest BCUT2D eigenvalue weighted by Gasteiger charge is -2.38. The molecule has 1 unspecified atom stereocenters. The number of guanidine groups is 1. The highest BCUT2D eigenvalue weighted by molar-refractivity contribution is 7.92. The van der Waals surface area contributed by atoms with Crippen molar-refractivity contribution in [1.29, 1.82) is 0 Å². The largest absolute Gasteiger partial charge is 0.376 e. The van der Waals surface area contributed by atoms with E-state index >= 15 is 0 Å². The van der Waals surface area contributed by atoms with E-state index in [2.05, 4.69) is 10.3 Å². The van der Waals surface area contributed by atoms with Gasteiger partial charge in [0.25, 0.3) is 0 Å². The van der Waals surface area contributed by atoms with Crippen molar-refractivity contribution in [2.45, 2.75) is 43.0 Å². The Labute approximate surface area is 114 Å². The van der Waals surface area contributed by atoms with Crippen molar-refractivity contribution >= 4 is 15.8 Å². The van der Waals surface area contributed by atoms with Crippen LogP contribution in [-0.4, -0.2) is 51.2 Å². The zero-order valence-electron chi connectivity index (χ0n) is 11.4. The molecule has 3 N–H and O–H groups in total. The quantitative estimate of drug-likeness (QED) is 0.550. The van der Waals surface area contributed by atoms with E-state index in [-0.39, 0.29) is 12.6 Å². The molecule has 0 aromatic heterocycles. The molecular formula is C12H23N3O3S. The van der Waals surface area contributed by atoms with Crippen LogP contribution < -0.4 is 11.1 Å². The first kappa shape index (κ1) is 14.6. The van der Waals surface area contributed by atoms with Gasteiger partial charge in [0, 0.05) is 19.4 Å². The highest BCUT2D eigenvalue weighted by atomic mass is 32.2. The van der Waals surface area contributed by atoms with Crippen molar-refractivity contribution in [1.82, 2.24) is 5.32 Å². The molecule has 0 aromatic rings. The van der Waals surface area contributed by atoms with Crippen LogP contribution in [0, 0.1) is 0 Å². The predicted octanol–water partition coefficient (Wildman–Crippen LogP) is 0.0370. The molecule has 0 amide bonds. The van der Waals surface area contributed by atoms with Gasteiger partial charge >= 0.3 is 0 Å². The minimum atomic E-state index is -3.07. The van der Waals surface area contributed by atoms with Crippen LogP contribution in [0.4, 0.5) is 0 Å². The Balaban J connectivity index is 1.83. The third kappa shape index (κ3) is 3.39. The van der Waals surface area contributed by atoms with Gasteiger partial charge < -0.3 is 15.8 Å². The zero-order valence-corrected chi connectivity index (χ0v) is 12.2. The molecule has 0 spiro atoms. The van der Waals surface area contributed by atoms with E-state index in [1.807, 2.05) is 0 Å². The first-order valence-corrected chi connectivity index (χ1v) is 8.67. The minimum absolute atomic E-state index is 0.196. The van der Waals surface area contributed by atoms with Crippen LogP contribution in [0.2, 0.25) is 0 Å². The van der Waals surface area contributed by atoms with Crippen LogP contribution in [0.15, 0.2) is 4.99 Å². The topological polar surface area (TPSA) is 93.8 Å². The Morgan fingerprint density at radius 3 is 2.68 bits per heavy atom. The first-order valence-electron chi connectivity index (χ1n) is 6.78. The summed E-state index contributed by atoms with van der Waals surface area (Å²) < 4.78 is 28.3. The van der Waals surface area contributed by atoms with Crippen molar-refractivity contribution in [2.24, 2.45) is 10.7 Å². The summed E-state index contributed by atoms with van der Waals surface area (Å²) in [6.45, 7) is 1.71. The SMILES string of the molecule is CS(=O)(=O)C1(CN=C(N)NCC2CCCO2)CCC1. The molecular weight excluding hydrogens is 266 g/mol. The maximum Gasteiger partial charge on any atom is 0.188 e. The molecule has 0 aromatic carbocycles. The number of hydrogen-bond donors (Lipinski definition) is 2. The van der Waals surface area contributed by atoms with E-state index in [0.717, 1.165) is 25.9 Å². The molecule has 2 aliphatic rings. The number of ether oxygens (including phenoxy) is 1. The molecule has 7 heteroatoms. The smallest absolute Gasteiger partial charge is 0.188 e. The lowest BCUT2D eigenvalue weighted by Crippen LogP contribution is -2.48. The molecule has 19 heavy (non-hydrogen) atoms. The van der Waals surface area contributed by atoms with Crippen LogP contribution >= 0.6 is 0 Å². The fourth-order valence-electron chi connectivity index (χ4n) is 2.53. The Morgan fingerprint density at radius 2 is 2.21 bits per heavy atom. The molecule has 2 fully saturated rings. The van der Waals surface area contributed by atoms with Crippen LogP contribution in [0.1, 0.15) is 32.1 Å². The monoisotopic (exact) mass is 289 g/mol. The van der Waals surface area contributed by atoms with Crippen molar-refractivity contribution in [3.63, 3.8) is 0 Å². The third-order valence-electron chi connectivity index (χ3n) is 4.12. The lowest BCUT2D eigenvalue weighted by atomic mass is 9.84. The summed E-state index contributed by atoms with van der Waals surface area (Å²) in [4.78, 5) is 4.19. The number of nitrogens with one attached hydrogen (secondary N) is 1. The van der Waals surface area contributed by atoms with E-state index in [1.165, 1.54) is 6.26 Å². The second-order valence-electron chi connectivity index (χ2n) is 5.53. The minimum Gasteiger partial charge on any atom is -0.376 e. The summed E-state index contributed by atoms with van der Waals surface area (Å²) in [7, 11) is -3.07. The Bertz CT molecular complexity index is 437. The predicted molar refractivity (Wildman–Crippen MR) is 74.9 cm³/mol. The average Bonchev–Trinajstić information content (AvgIpc) is 2.75. The average molecular weight is 289 g/mol. The standard InChI is InChI=1S/C12H23N3O3S/c1-19(16,17)12(5-3-6-12)9-15-11(13)14-8-10-4-2-7-18-10/h10H,2-9H2,1H3,(H3,13,14,15). The summed E-state index contributed by atoms with van der Waals surface area (Å²) in [6, 6.07) is 0. The van der Waals surface area contributed by atoms with Gasteiger partial charge in [-0.2, -0.15) is 0 Å². The van der Waals surface area contributed by atoms with Gasteiger partial charge in [-0.05, 0) is 25.7 Å². The highest BCUT2D eigenvalue weighted by Gasteiger charge is 2.46. The molecule has 1 aliphatic carbocycles. The molecule has 1 atom stereocenters. The summed E-state index contributed by atoms with van der Waals surface area (Å²) in [5.74, 6) is 0.311. The lowest BCUT2D eigenvalue weighted by molar-refractivity contribution is 0.114. The van der Waals surface area contributed by atoms with Crippen molar-refractivity contribution in [3.8, 4) is 0 Å². The maximum atomic E-state index is 11.8. The van der Waals surface area contributed by atoms with Gasteiger partial charge in [0.1, 0.15) is 0 Å². The van der Waals surface area contributed by atoms with Crippen molar-refractivity contribution in [3.05, 3.63) is 0 Å². The van der Waals surface area contributed by atoms with Gasteiger partial charge in [0.2, 0.25) is 0 Å². The van der Waals surface area contributed by atoms with E-state index in [4.69, 9.17) is 10.5 Å². The van der Waals surface area contributed by atoms with Gasteiger partial charge in [-0.15, -0.1) is 0 Å². The number of nitrogens with two attached hydrogens (primary N) is 1. The maximum absolute atomic E-state index is 11.8. The molecule has 0 radical (unpaired) electrons. The summed E-state index contributed by atoms with van der Waals surface area (Å²) >= 11 is 0. The number of sulfone groups is 1. The van der Waals surface area contributed by atoms with E-state index in [0.29, 0.717) is 25.3 Å². The molecule has 1 saturated carbocycles. The highest BCUT2D eigenvalue weighted by Crippen LogP contribution is 2.39. The number of hydrogen-bond acceptors (Lipinski definition) is 4. The van der Waals surface area contributed by atoms with Crippen LogP contribution in [0.25, 0.3) is 0 Å². The van der Waals surface area contributed by atoms with Gasteiger partial charge in [0.05, 0.1) is 17.4 Å². The van der Waals surface area contributed by atoms with Crippen molar-refractivity contribution in [2.75, 3.05) is 26.0 Å². The molecule has 6 nitrogen and oxygen atoms in total. The number of nitrogens with zero attached hydrogens (tertiary/aromatic N) is 1. The van der Waals surface area contributed by atoms with E-state index < -0.39 is 14.6 Å². The van der Waals surface area contributed by atoms with E-state index in [1.54, 1.807) is 0 Å². The zero-order chi connectivity index (χ0) is 13.9. The Hall–Kier alpha value is -0.820. The van der Waals surface area contributed by atoms with Crippen LogP contribution in [-0.2, 0) is 14.6 Å². The van der Waals surface area contributed by atoms with E-state index in [9.17, 15) is 8.42 Å². The van der Waals surface area contributed by atoms with Gasteiger partial charge in [0.15, 0.2) is 15.8 Å². The Kier molecular flexibility index (Phi) is 4.35. The second kappa shape index (κ2) is 5.66. The molecule has 1 heterocycles. The molecule has 1 saturated heterocycles. The number of aliphatic imine (C=N–C) groups is 1. The Morgan fingerprint density at radius 1 is 1.47 bits per heavy atom. The molecule has 110 valence electrons. The number of rotatable bonds is 5. The van der Waals surface area contributed by atoms with Crippen LogP contribution in [0.3, 0.4) is 0 Å².